The summed E-state index contributed by atoms with van der Waals surface area (Å²) in [6.45, 7) is 15.8. The summed E-state index contributed by atoms with van der Waals surface area (Å²) in [4.78, 5) is 63.3. The van der Waals surface area contributed by atoms with E-state index >= 15 is 0 Å². The molecule has 13 heteroatoms. The van der Waals surface area contributed by atoms with Crippen molar-refractivity contribution in [3.63, 3.8) is 0 Å². The van der Waals surface area contributed by atoms with Crippen LogP contribution in [0.15, 0.2) is 77.6 Å². The fourth-order valence-electron chi connectivity index (χ4n) is 7.64. The molecule has 0 fully saturated rings. The van der Waals surface area contributed by atoms with Crippen molar-refractivity contribution in [3.8, 4) is 0 Å². The van der Waals surface area contributed by atoms with Crippen molar-refractivity contribution in [2.75, 3.05) is 19.7 Å². The van der Waals surface area contributed by atoms with Gasteiger partial charge in [-0.05, 0) is 64.0 Å². The lowest BCUT2D eigenvalue weighted by Crippen LogP contribution is -2.67. The van der Waals surface area contributed by atoms with E-state index in [4.69, 9.17) is 20.9 Å². The molecule has 3 rings (SSSR count). The minimum absolute atomic E-state index is 0.0317. The molecule has 326 valence electrons. The molecule has 0 spiro atoms. The predicted molar refractivity (Wildman–Crippen MR) is 232 cm³/mol. The molecule has 0 radical (unpaired) electrons. The quantitative estimate of drug-likeness (QED) is 0.0765. The van der Waals surface area contributed by atoms with E-state index in [1.807, 2.05) is 88.4 Å². The summed E-state index contributed by atoms with van der Waals surface area (Å²) in [5, 5.41) is 12.8. The second kappa shape index (κ2) is 22.8. The third-order valence-corrected chi connectivity index (χ3v) is 10.5. The van der Waals surface area contributed by atoms with Crippen molar-refractivity contribution in [2.45, 2.75) is 149 Å². The molecule has 1 heterocycles. The highest BCUT2D eigenvalue weighted by molar-refractivity contribution is 5.95. The van der Waals surface area contributed by atoms with Crippen molar-refractivity contribution in [1.29, 1.82) is 0 Å². The lowest BCUT2D eigenvalue weighted by atomic mass is 9.81. The van der Waals surface area contributed by atoms with E-state index < -0.39 is 51.8 Å². The van der Waals surface area contributed by atoms with E-state index in [1.165, 1.54) is 12.5 Å². The molecule has 0 bridgehead atoms. The second-order valence-corrected chi connectivity index (χ2v) is 17.4. The fraction of sp³-hybridized carbons (Fsp3) is 0.587. The Morgan fingerprint density at radius 2 is 1.49 bits per heavy atom. The van der Waals surface area contributed by atoms with Gasteiger partial charge in [0.2, 0.25) is 12.2 Å². The Labute approximate surface area is 352 Å². The number of hydrogen-bond acceptors (Lipinski definition) is 9. The SMILES string of the molecule is CCCCCN(C[C@H](O)C(COCc1ccccc1)(CC(C)C)N(C(=O)OC(C)(C)C)[C@H](C)CC1=C[N+](C(N)=O)(C(=O)[C@@H](N)Cc2ccccc2)C=N1)C(=O)CCCC. The van der Waals surface area contributed by atoms with Gasteiger partial charge in [0.15, 0.2) is 0 Å². The summed E-state index contributed by atoms with van der Waals surface area (Å²) in [6, 6.07) is 16.1. The summed E-state index contributed by atoms with van der Waals surface area (Å²) in [5.74, 6) is -0.756. The fourth-order valence-corrected chi connectivity index (χ4v) is 7.64. The first-order chi connectivity index (χ1) is 27.9. The van der Waals surface area contributed by atoms with Gasteiger partial charge in [-0.1, -0.05) is 108 Å². The number of nitrogens with two attached hydrogens (primary N) is 2. The number of benzene rings is 2. The number of hydrogen-bond donors (Lipinski definition) is 3. The van der Waals surface area contributed by atoms with Gasteiger partial charge in [0.1, 0.15) is 23.5 Å². The minimum Gasteiger partial charge on any atom is -0.444 e. The highest BCUT2D eigenvalue weighted by Crippen LogP contribution is 2.36. The zero-order chi connectivity index (χ0) is 43.8. The van der Waals surface area contributed by atoms with Gasteiger partial charge in [-0.25, -0.2) is 19.4 Å². The molecular formula is C46H71N6O7+. The number of aliphatic hydroxyl groups excluding tert-OH is 1. The largest absolute Gasteiger partial charge is 0.444 e. The number of amides is 5. The van der Waals surface area contributed by atoms with Crippen LogP contribution in [0.3, 0.4) is 0 Å². The van der Waals surface area contributed by atoms with E-state index in [-0.39, 0.29) is 50.8 Å². The van der Waals surface area contributed by atoms with Crippen LogP contribution in [-0.4, -0.2) is 98.7 Å². The molecule has 2 aromatic carbocycles. The van der Waals surface area contributed by atoms with Crippen LogP contribution in [0, 0.1) is 5.92 Å². The highest BCUT2D eigenvalue weighted by atomic mass is 16.6. The second-order valence-electron chi connectivity index (χ2n) is 17.4. The van der Waals surface area contributed by atoms with Gasteiger partial charge >= 0.3 is 18.0 Å². The molecule has 5 N–H and O–H groups in total. The average molecular weight is 820 g/mol. The van der Waals surface area contributed by atoms with Crippen LogP contribution in [0.5, 0.6) is 0 Å². The lowest BCUT2D eigenvalue weighted by Gasteiger charge is -2.50. The Balaban J connectivity index is 2.15. The number of urea groups is 1. The summed E-state index contributed by atoms with van der Waals surface area (Å²) in [6.07, 6.45) is 5.70. The minimum atomic E-state index is -1.43. The number of carbonyl (C=O) groups excluding carboxylic acids is 4. The van der Waals surface area contributed by atoms with Crippen molar-refractivity contribution < 1.29 is 38.2 Å². The molecule has 59 heavy (non-hydrogen) atoms. The number of unbranched alkanes of at least 4 members (excludes halogenated alkanes) is 3. The number of primary amides is 1. The molecule has 0 saturated carbocycles. The molecule has 2 unspecified atom stereocenters. The number of carbonyl (C=O) groups is 4. The standard InChI is InChI=1S/C46H70N6O7/c1-9-11-19-25-50(41(54)24-12-10-2)29-40(53)46(28-34(3)4,32-58-31-37-22-17-14-18-23-37)51(44(57)59-45(6,7)8)35(5)26-38-30-52(33-49-38,43(48)56)42(55)39(47)27-36-20-15-13-16-21-36/h13-18,20-23,30,33-35,39-40,53H,9-12,19,24-29,31-32,47H2,1-8H3,(H-,48,56)/p+1/t35-,39+,40+,46?,52?/m1/s1. The first kappa shape index (κ1) is 48.9. The molecule has 2 aromatic rings. The molecule has 5 amide bonds. The van der Waals surface area contributed by atoms with Crippen LogP contribution >= 0.6 is 0 Å². The monoisotopic (exact) mass is 820 g/mol. The number of aliphatic imine (C=N–C) groups is 1. The maximum absolute atomic E-state index is 14.8. The number of nitrogens with zero attached hydrogens (tertiary/aromatic N) is 4. The number of ether oxygens (including phenoxy) is 2. The average Bonchev–Trinajstić information content (AvgIpc) is 3.61. The molecular weight excluding hydrogens is 749 g/mol. The van der Waals surface area contributed by atoms with E-state index in [0.29, 0.717) is 18.7 Å². The molecule has 13 nitrogen and oxygen atoms in total. The Kier molecular flexibility index (Phi) is 18.9. The number of rotatable bonds is 23. The molecule has 0 aliphatic carbocycles. The van der Waals surface area contributed by atoms with Crippen molar-refractivity contribution in [2.24, 2.45) is 22.4 Å². The zero-order valence-electron chi connectivity index (χ0n) is 36.8. The smallest absolute Gasteiger partial charge is 0.432 e. The number of aliphatic hydroxyl groups is 1. The first-order valence-corrected chi connectivity index (χ1v) is 21.3. The van der Waals surface area contributed by atoms with E-state index in [2.05, 4.69) is 11.9 Å². The van der Waals surface area contributed by atoms with Gasteiger partial charge in [-0.3, -0.25) is 9.69 Å². The van der Waals surface area contributed by atoms with Crippen LogP contribution in [0.25, 0.3) is 0 Å². The zero-order valence-corrected chi connectivity index (χ0v) is 36.8. The molecule has 1 aliphatic rings. The topological polar surface area (TPSA) is 178 Å². The van der Waals surface area contributed by atoms with Crippen molar-refractivity contribution >= 4 is 30.3 Å². The van der Waals surface area contributed by atoms with Crippen LogP contribution in [0.2, 0.25) is 0 Å². The molecule has 0 saturated heterocycles. The van der Waals surface area contributed by atoms with Crippen LogP contribution in [0.4, 0.5) is 9.59 Å². The maximum atomic E-state index is 14.8. The predicted octanol–water partition coefficient (Wildman–Crippen LogP) is 7.45. The maximum Gasteiger partial charge on any atom is 0.432 e. The van der Waals surface area contributed by atoms with Crippen molar-refractivity contribution in [1.82, 2.24) is 9.80 Å². The summed E-state index contributed by atoms with van der Waals surface area (Å²) in [7, 11) is 0. The summed E-state index contributed by atoms with van der Waals surface area (Å²) in [5.41, 5.74) is 12.0. The van der Waals surface area contributed by atoms with Crippen molar-refractivity contribution in [3.05, 3.63) is 83.7 Å². The number of imide groups is 1. The van der Waals surface area contributed by atoms with E-state index in [9.17, 15) is 24.3 Å². The molecule has 5 atom stereocenters. The number of quaternary nitrogens is 1. The first-order valence-electron chi connectivity index (χ1n) is 21.3. The van der Waals surface area contributed by atoms with E-state index in [0.717, 1.165) is 43.2 Å². The van der Waals surface area contributed by atoms with E-state index in [1.54, 1.807) is 30.6 Å². The van der Waals surface area contributed by atoms with Crippen LogP contribution in [0.1, 0.15) is 118 Å². The van der Waals surface area contributed by atoms with Crippen LogP contribution in [-0.2, 0) is 32.1 Å². The Morgan fingerprint density at radius 3 is 2.05 bits per heavy atom. The van der Waals surface area contributed by atoms with Crippen LogP contribution < -0.4 is 11.5 Å². The van der Waals surface area contributed by atoms with Gasteiger partial charge in [0.25, 0.3) is 0 Å². The highest BCUT2D eigenvalue weighted by Gasteiger charge is 2.52. The Hall–Kier alpha value is -4.43. The third kappa shape index (κ3) is 14.1. The third-order valence-electron chi connectivity index (χ3n) is 10.5. The molecule has 0 aromatic heterocycles. The normalized spacial score (nSPS) is 17.8. The summed E-state index contributed by atoms with van der Waals surface area (Å²) < 4.78 is 11.6. The van der Waals surface area contributed by atoms with Gasteiger partial charge in [0.05, 0.1) is 24.9 Å². The van der Waals surface area contributed by atoms with Gasteiger partial charge in [-0.2, -0.15) is 0 Å². The van der Waals surface area contributed by atoms with Gasteiger partial charge < -0.3 is 30.9 Å². The Bertz CT molecular complexity index is 1710. The molecule has 1 aliphatic heterocycles. The Morgan fingerprint density at radius 1 is 0.881 bits per heavy atom. The summed E-state index contributed by atoms with van der Waals surface area (Å²) >= 11 is 0. The van der Waals surface area contributed by atoms with Gasteiger partial charge in [-0.15, -0.1) is 4.48 Å². The van der Waals surface area contributed by atoms with Gasteiger partial charge in [0, 0.05) is 38.4 Å². The lowest BCUT2D eigenvalue weighted by molar-refractivity contribution is -0.606.